The van der Waals surface area contributed by atoms with Crippen LogP contribution >= 0.6 is 27.5 Å². The lowest BCUT2D eigenvalue weighted by molar-refractivity contribution is -0.243. The molecule has 1 aromatic carbocycles. The quantitative estimate of drug-likeness (QED) is 0.253. The van der Waals surface area contributed by atoms with Crippen LogP contribution in [0.2, 0.25) is 5.02 Å². The summed E-state index contributed by atoms with van der Waals surface area (Å²) in [5.74, 6) is 1.07. The smallest absolute Gasteiger partial charge is 0.225 e. The number of benzene rings is 1. The normalized spacial score (nSPS) is 15.2. The van der Waals surface area contributed by atoms with Crippen LogP contribution in [0.5, 0.6) is 0 Å². The van der Waals surface area contributed by atoms with Gasteiger partial charge in [-0.1, -0.05) is 11.6 Å². The molecular weight excluding hydrogens is 470 g/mol. The molecular formula is C20H22BrClN7O+. The number of ketones is 1. The van der Waals surface area contributed by atoms with Crippen LogP contribution < -0.4 is 22.5 Å². The van der Waals surface area contributed by atoms with E-state index >= 15 is 0 Å². The van der Waals surface area contributed by atoms with E-state index in [9.17, 15) is 4.79 Å². The first-order valence-corrected chi connectivity index (χ1v) is 10.4. The van der Waals surface area contributed by atoms with Crippen LogP contribution in [-0.2, 0) is 4.79 Å². The van der Waals surface area contributed by atoms with Crippen molar-refractivity contribution in [1.82, 2.24) is 9.97 Å². The second-order valence-electron chi connectivity index (χ2n) is 6.82. The summed E-state index contributed by atoms with van der Waals surface area (Å²) in [7, 11) is 0. The van der Waals surface area contributed by atoms with Crippen molar-refractivity contribution >= 4 is 56.6 Å². The molecule has 1 aromatic heterocycles. The summed E-state index contributed by atoms with van der Waals surface area (Å²) in [5.41, 5.74) is 18.0. The number of nitrogens with zero attached hydrogens (tertiary/aromatic N) is 3. The van der Waals surface area contributed by atoms with Gasteiger partial charge in [0.15, 0.2) is 11.6 Å². The SMILES string of the molecule is NC(/C=C(\N)C1CC1)=Nc1nc(NCC(=O)C=C([NH3+])c2ccc(Cl)cc2)ncc1Br. The zero-order chi connectivity index (χ0) is 21.7. The highest BCUT2D eigenvalue weighted by molar-refractivity contribution is 9.10. The second kappa shape index (κ2) is 9.84. The maximum absolute atomic E-state index is 12.2. The van der Waals surface area contributed by atoms with Gasteiger partial charge < -0.3 is 22.5 Å². The Morgan fingerprint density at radius 1 is 1.30 bits per heavy atom. The molecule has 0 spiro atoms. The van der Waals surface area contributed by atoms with Crippen LogP contribution in [0.1, 0.15) is 18.4 Å². The van der Waals surface area contributed by atoms with Gasteiger partial charge in [0.05, 0.1) is 11.0 Å². The summed E-state index contributed by atoms with van der Waals surface area (Å²) >= 11 is 9.22. The fraction of sp³-hybridized carbons (Fsp3) is 0.200. The molecule has 0 aliphatic heterocycles. The zero-order valence-electron chi connectivity index (χ0n) is 16.1. The lowest BCUT2D eigenvalue weighted by atomic mass is 10.1. The van der Waals surface area contributed by atoms with E-state index < -0.39 is 0 Å². The van der Waals surface area contributed by atoms with E-state index in [1.165, 1.54) is 12.3 Å². The minimum Gasteiger partial charge on any atom is -0.402 e. The minimum absolute atomic E-state index is 0.00140. The van der Waals surface area contributed by atoms with Gasteiger partial charge in [0.1, 0.15) is 11.5 Å². The summed E-state index contributed by atoms with van der Waals surface area (Å²) in [6, 6.07) is 7.10. The number of carbonyl (C=O) groups is 1. The van der Waals surface area contributed by atoms with E-state index in [0.717, 1.165) is 24.1 Å². The first-order chi connectivity index (χ1) is 14.3. The van der Waals surface area contributed by atoms with Crippen LogP contribution in [0.4, 0.5) is 11.8 Å². The lowest BCUT2D eigenvalue weighted by Crippen LogP contribution is -2.46. The number of amidine groups is 1. The highest BCUT2D eigenvalue weighted by Crippen LogP contribution is 2.33. The molecule has 1 saturated carbocycles. The third kappa shape index (κ3) is 6.38. The van der Waals surface area contributed by atoms with Gasteiger partial charge in [0.25, 0.3) is 0 Å². The first-order valence-electron chi connectivity index (χ1n) is 9.22. The van der Waals surface area contributed by atoms with Crippen LogP contribution in [0.25, 0.3) is 5.70 Å². The van der Waals surface area contributed by atoms with E-state index in [-0.39, 0.29) is 24.1 Å². The van der Waals surface area contributed by atoms with Crippen LogP contribution in [0, 0.1) is 5.92 Å². The fourth-order valence-electron chi connectivity index (χ4n) is 2.54. The number of allylic oxidation sites excluding steroid dienone is 1. The van der Waals surface area contributed by atoms with E-state index in [1.54, 1.807) is 30.3 Å². The Balaban J connectivity index is 1.64. The third-order valence-electron chi connectivity index (χ3n) is 4.29. The van der Waals surface area contributed by atoms with Crippen LogP contribution in [0.3, 0.4) is 0 Å². The lowest BCUT2D eigenvalue weighted by Gasteiger charge is -2.05. The molecule has 3 rings (SSSR count). The van der Waals surface area contributed by atoms with Crippen molar-refractivity contribution < 1.29 is 10.5 Å². The summed E-state index contributed by atoms with van der Waals surface area (Å²) in [6.45, 7) is 0.00140. The number of halogens is 2. The average molecular weight is 492 g/mol. The van der Waals surface area contributed by atoms with Gasteiger partial charge in [-0.3, -0.25) is 4.79 Å². The number of quaternary nitrogens is 1. The van der Waals surface area contributed by atoms with Crippen molar-refractivity contribution in [2.75, 3.05) is 11.9 Å². The predicted molar refractivity (Wildman–Crippen MR) is 122 cm³/mol. The van der Waals surface area contributed by atoms with Crippen molar-refractivity contribution in [2.24, 2.45) is 22.4 Å². The second-order valence-corrected chi connectivity index (χ2v) is 8.11. The third-order valence-corrected chi connectivity index (χ3v) is 5.11. The maximum Gasteiger partial charge on any atom is 0.225 e. The molecule has 0 atom stereocenters. The molecule has 0 unspecified atom stereocenters. The first kappa shape index (κ1) is 21.9. The Kier molecular flexibility index (Phi) is 7.20. The summed E-state index contributed by atoms with van der Waals surface area (Å²) in [4.78, 5) is 25.0. The van der Waals surface area contributed by atoms with Gasteiger partial charge in [0.2, 0.25) is 5.95 Å². The maximum atomic E-state index is 12.2. The van der Waals surface area contributed by atoms with Crippen molar-refractivity contribution in [3.8, 4) is 0 Å². The molecule has 8 nitrogen and oxygen atoms in total. The molecule has 0 amide bonds. The van der Waals surface area contributed by atoms with Crippen molar-refractivity contribution in [2.45, 2.75) is 12.8 Å². The largest absolute Gasteiger partial charge is 0.402 e. The van der Waals surface area contributed by atoms with Gasteiger partial charge >= 0.3 is 0 Å². The molecule has 0 radical (unpaired) electrons. The van der Waals surface area contributed by atoms with Gasteiger partial charge in [-0.2, -0.15) is 4.98 Å². The molecule has 8 N–H and O–H groups in total. The summed E-state index contributed by atoms with van der Waals surface area (Å²) in [6.07, 6.45) is 6.81. The molecule has 1 aliphatic carbocycles. The number of hydrogen-bond acceptors (Lipinski definition) is 6. The Bertz CT molecular complexity index is 1030. The van der Waals surface area contributed by atoms with Crippen LogP contribution in [0.15, 0.2) is 57.8 Å². The Morgan fingerprint density at radius 2 is 2.00 bits per heavy atom. The molecule has 30 heavy (non-hydrogen) atoms. The average Bonchev–Trinajstić information content (AvgIpc) is 3.54. The van der Waals surface area contributed by atoms with Crippen LogP contribution in [-0.4, -0.2) is 28.1 Å². The van der Waals surface area contributed by atoms with E-state index in [0.29, 0.717) is 26.9 Å². The highest BCUT2D eigenvalue weighted by atomic mass is 79.9. The molecule has 1 heterocycles. The van der Waals surface area contributed by atoms with E-state index in [1.807, 2.05) is 0 Å². The molecule has 2 aromatic rings. The Hall–Kier alpha value is -2.75. The monoisotopic (exact) mass is 490 g/mol. The molecule has 1 fully saturated rings. The number of carbonyl (C=O) groups excluding carboxylic acids is 1. The number of aromatic nitrogens is 2. The highest BCUT2D eigenvalue weighted by Gasteiger charge is 2.24. The van der Waals surface area contributed by atoms with Gasteiger partial charge in [-0.05, 0) is 65.0 Å². The number of aliphatic imine (C=N–C) groups is 1. The molecule has 10 heteroatoms. The number of nitrogens with one attached hydrogen (secondary N) is 1. The van der Waals surface area contributed by atoms with Crippen molar-refractivity contribution in [1.29, 1.82) is 0 Å². The molecule has 0 saturated heterocycles. The van der Waals surface area contributed by atoms with Gasteiger partial charge in [0, 0.05) is 28.6 Å². The standard InChI is InChI=1S/C20H21BrClN7O/c21-15-10-27-20(29-19(15)28-18(25)8-17(24)11-1-2-11)26-9-14(30)7-16(23)12-3-5-13(22)6-4-12/h3-8,10-11H,1-2,9,23-24H2,(H3,25,26,27,28,29)/p+1/b16-7?,17-8-. The number of nitrogens with two attached hydrogens (primary N) is 2. The number of rotatable bonds is 8. The van der Waals surface area contributed by atoms with E-state index in [4.69, 9.17) is 23.1 Å². The van der Waals surface area contributed by atoms with Gasteiger partial charge in [-0.25, -0.2) is 9.98 Å². The van der Waals surface area contributed by atoms with Gasteiger partial charge in [-0.15, -0.1) is 0 Å². The Labute approximate surface area is 187 Å². The predicted octanol–water partition coefficient (Wildman–Crippen LogP) is 2.40. The number of hydrogen-bond donors (Lipinski definition) is 4. The zero-order valence-corrected chi connectivity index (χ0v) is 18.4. The Morgan fingerprint density at radius 3 is 2.67 bits per heavy atom. The minimum atomic E-state index is -0.175. The van der Waals surface area contributed by atoms with E-state index in [2.05, 4.69) is 41.9 Å². The molecule has 1 aliphatic rings. The van der Waals surface area contributed by atoms with Crippen molar-refractivity contribution in [3.63, 3.8) is 0 Å². The number of anilines is 1. The molecule has 0 bridgehead atoms. The fourth-order valence-corrected chi connectivity index (χ4v) is 2.95. The summed E-state index contributed by atoms with van der Waals surface area (Å²) < 4.78 is 0.573. The topological polar surface area (TPSA) is 147 Å². The van der Waals surface area contributed by atoms with Crippen molar-refractivity contribution in [3.05, 3.63) is 63.4 Å². The summed E-state index contributed by atoms with van der Waals surface area (Å²) in [5, 5.41) is 3.51. The molecule has 156 valence electrons.